The van der Waals surface area contributed by atoms with Crippen LogP contribution in [0.15, 0.2) is 0 Å². The van der Waals surface area contributed by atoms with Gasteiger partial charge in [-0.1, -0.05) is 0 Å². The second kappa shape index (κ2) is 13.3. The summed E-state index contributed by atoms with van der Waals surface area (Å²) in [6.45, 7) is 6.43. The lowest BCUT2D eigenvalue weighted by molar-refractivity contribution is -0.455. The molecule has 1 rings (SSSR count). The van der Waals surface area contributed by atoms with Crippen LogP contribution in [0.5, 0.6) is 0 Å². The van der Waals surface area contributed by atoms with Crippen molar-refractivity contribution in [2.75, 3.05) is 39.6 Å². The largest absolute Gasteiger partial charge is 0.391 e. The number of morpholine rings is 1. The van der Waals surface area contributed by atoms with Gasteiger partial charge in [-0.05, 0) is 34.6 Å². The molecule has 6 unspecified atom stereocenters. The summed E-state index contributed by atoms with van der Waals surface area (Å²) in [5.74, 6) is -3.66. The Hall–Kier alpha value is -0.480. The van der Waals surface area contributed by atoms with Crippen molar-refractivity contribution in [2.24, 2.45) is 0 Å². The molecule has 186 valence electrons. The van der Waals surface area contributed by atoms with E-state index >= 15 is 0 Å². The van der Waals surface area contributed by atoms with Gasteiger partial charge in [0, 0.05) is 0 Å². The van der Waals surface area contributed by atoms with E-state index in [1.807, 2.05) is 0 Å². The molecule has 0 saturated carbocycles. The number of rotatable bonds is 15. The molecule has 0 aliphatic carbocycles. The molecule has 0 radical (unpaired) electrons. The summed E-state index contributed by atoms with van der Waals surface area (Å²) >= 11 is 0. The second-order valence-electron chi connectivity index (χ2n) is 8.01. The highest BCUT2D eigenvalue weighted by Gasteiger charge is 2.56. The van der Waals surface area contributed by atoms with Crippen molar-refractivity contribution in [3.63, 3.8) is 0 Å². The van der Waals surface area contributed by atoms with E-state index in [0.717, 1.165) is 0 Å². The molecule has 6 atom stereocenters. The van der Waals surface area contributed by atoms with Crippen LogP contribution in [0.4, 0.5) is 0 Å². The Labute approximate surface area is 183 Å². The maximum Gasteiger partial charge on any atom is 0.285 e. The van der Waals surface area contributed by atoms with Crippen molar-refractivity contribution in [1.82, 2.24) is 5.32 Å². The van der Waals surface area contributed by atoms with Crippen LogP contribution in [0.1, 0.15) is 34.6 Å². The molecule has 6 N–H and O–H groups in total. The molecule has 0 spiro atoms. The monoisotopic (exact) mass is 457 g/mol. The van der Waals surface area contributed by atoms with E-state index in [9.17, 15) is 25.5 Å². The summed E-state index contributed by atoms with van der Waals surface area (Å²) in [7, 11) is 0. The topological polar surface area (TPSA) is 169 Å². The number of hydrogen-bond acceptors (Lipinski definition) is 12. The summed E-state index contributed by atoms with van der Waals surface area (Å²) in [5.41, 5.74) is 0. The molecular formula is C19H39NO11. The molecule has 12 heteroatoms. The SMILES string of the molecule is CC(O)COC1OCC(OCC(C)O)(OCC(C)O)NC1(OCC(C)O)OCC(C)O. The van der Waals surface area contributed by atoms with Crippen molar-refractivity contribution in [3.8, 4) is 0 Å². The molecule has 0 amide bonds. The minimum atomic E-state index is -1.93. The predicted molar refractivity (Wildman–Crippen MR) is 107 cm³/mol. The van der Waals surface area contributed by atoms with Crippen LogP contribution in [0.25, 0.3) is 0 Å². The molecule has 1 fully saturated rings. The number of aliphatic hydroxyl groups excluding tert-OH is 5. The molecule has 1 aliphatic rings. The van der Waals surface area contributed by atoms with E-state index < -0.39 is 48.6 Å². The zero-order valence-electron chi connectivity index (χ0n) is 18.9. The molecule has 0 aromatic rings. The highest BCUT2D eigenvalue weighted by molar-refractivity contribution is 4.86. The first kappa shape index (κ1) is 28.6. The van der Waals surface area contributed by atoms with E-state index in [1.165, 1.54) is 34.6 Å². The summed E-state index contributed by atoms with van der Waals surface area (Å²) in [6.07, 6.45) is -5.54. The first-order chi connectivity index (χ1) is 14.4. The number of ether oxygens (including phenoxy) is 6. The third-order valence-corrected chi connectivity index (χ3v) is 3.78. The fourth-order valence-corrected chi connectivity index (χ4v) is 2.49. The molecule has 31 heavy (non-hydrogen) atoms. The average molecular weight is 458 g/mol. The summed E-state index contributed by atoms with van der Waals surface area (Å²) < 4.78 is 34.4. The Morgan fingerprint density at radius 3 is 1.48 bits per heavy atom. The van der Waals surface area contributed by atoms with Gasteiger partial charge in [-0.25, -0.2) is 5.32 Å². The summed E-state index contributed by atoms with van der Waals surface area (Å²) in [5, 5.41) is 51.4. The zero-order chi connectivity index (χ0) is 23.7. The van der Waals surface area contributed by atoms with Gasteiger partial charge in [-0.3, -0.25) is 0 Å². The highest BCUT2D eigenvalue weighted by Crippen LogP contribution is 2.31. The van der Waals surface area contributed by atoms with Gasteiger partial charge >= 0.3 is 0 Å². The van der Waals surface area contributed by atoms with Gasteiger partial charge in [-0.15, -0.1) is 0 Å². The van der Waals surface area contributed by atoms with E-state index in [4.69, 9.17) is 28.4 Å². The molecule has 1 saturated heterocycles. The number of aliphatic hydroxyl groups is 5. The second-order valence-corrected chi connectivity index (χ2v) is 8.01. The van der Waals surface area contributed by atoms with E-state index in [0.29, 0.717) is 0 Å². The molecule has 12 nitrogen and oxygen atoms in total. The Morgan fingerprint density at radius 2 is 1.10 bits per heavy atom. The molecule has 0 aromatic heterocycles. The van der Waals surface area contributed by atoms with Gasteiger partial charge in [0.25, 0.3) is 11.8 Å². The van der Waals surface area contributed by atoms with Crippen molar-refractivity contribution in [3.05, 3.63) is 0 Å². The lowest BCUT2D eigenvalue weighted by Crippen LogP contribution is -2.75. The molecular weight excluding hydrogens is 418 g/mol. The van der Waals surface area contributed by atoms with Gasteiger partial charge in [0.05, 0.1) is 63.6 Å². The lowest BCUT2D eigenvalue weighted by atomic mass is 10.3. The van der Waals surface area contributed by atoms with Crippen LogP contribution >= 0.6 is 0 Å². The Bertz CT molecular complexity index is 463. The lowest BCUT2D eigenvalue weighted by Gasteiger charge is -2.50. The Kier molecular flexibility index (Phi) is 12.2. The quantitative estimate of drug-likeness (QED) is 0.153. The molecule has 1 aliphatic heterocycles. The Morgan fingerprint density at radius 1 is 0.710 bits per heavy atom. The van der Waals surface area contributed by atoms with Gasteiger partial charge in [0.1, 0.15) is 6.61 Å². The van der Waals surface area contributed by atoms with E-state index in [-0.39, 0.29) is 39.6 Å². The maximum absolute atomic E-state index is 9.75. The predicted octanol–water partition coefficient (Wildman–Crippen LogP) is -1.77. The number of hydrogen-bond donors (Lipinski definition) is 6. The van der Waals surface area contributed by atoms with Gasteiger partial charge in [-0.2, -0.15) is 0 Å². The maximum atomic E-state index is 9.75. The molecule has 1 heterocycles. The summed E-state index contributed by atoms with van der Waals surface area (Å²) in [4.78, 5) is 0. The average Bonchev–Trinajstić information content (AvgIpc) is 2.67. The fraction of sp³-hybridized carbons (Fsp3) is 1.00. The first-order valence-corrected chi connectivity index (χ1v) is 10.4. The fourth-order valence-electron chi connectivity index (χ4n) is 2.49. The standard InChI is InChI=1S/C19H39NO11/c1-12(21)6-26-17-19(30-9-15(4)24,31-10-16(5)25)20-18(11-27-17,28-7-13(2)22)29-8-14(3)23/h12-17,20-25H,6-11H2,1-5H3. The van der Waals surface area contributed by atoms with Crippen molar-refractivity contribution < 1.29 is 54.0 Å². The normalized spacial score (nSPS) is 31.7. The van der Waals surface area contributed by atoms with Crippen LogP contribution in [0.3, 0.4) is 0 Å². The van der Waals surface area contributed by atoms with E-state index in [2.05, 4.69) is 5.32 Å². The third kappa shape index (κ3) is 10.3. The minimum Gasteiger partial charge on any atom is -0.391 e. The van der Waals surface area contributed by atoms with Crippen molar-refractivity contribution in [2.45, 2.75) is 83.3 Å². The zero-order valence-corrected chi connectivity index (χ0v) is 18.9. The van der Waals surface area contributed by atoms with Crippen LogP contribution in [0.2, 0.25) is 0 Å². The van der Waals surface area contributed by atoms with Crippen molar-refractivity contribution >= 4 is 0 Å². The van der Waals surface area contributed by atoms with Crippen LogP contribution in [-0.4, -0.2) is 114 Å². The highest BCUT2D eigenvalue weighted by atomic mass is 16.8. The minimum absolute atomic E-state index is 0.125. The van der Waals surface area contributed by atoms with Crippen molar-refractivity contribution in [1.29, 1.82) is 0 Å². The third-order valence-electron chi connectivity index (χ3n) is 3.78. The summed E-state index contributed by atoms with van der Waals surface area (Å²) in [6, 6.07) is 0. The van der Waals surface area contributed by atoms with Crippen LogP contribution in [0, 0.1) is 0 Å². The van der Waals surface area contributed by atoms with Gasteiger partial charge in [0.15, 0.2) is 0 Å². The molecule has 0 aromatic carbocycles. The van der Waals surface area contributed by atoms with Gasteiger partial charge < -0.3 is 54.0 Å². The van der Waals surface area contributed by atoms with Crippen LogP contribution in [-0.2, 0) is 28.4 Å². The first-order valence-electron chi connectivity index (χ1n) is 10.4. The van der Waals surface area contributed by atoms with Crippen LogP contribution < -0.4 is 5.32 Å². The Balaban J connectivity index is 3.25. The molecule has 0 bridgehead atoms. The number of nitrogens with one attached hydrogen (secondary N) is 1. The van der Waals surface area contributed by atoms with E-state index in [1.54, 1.807) is 0 Å². The van der Waals surface area contributed by atoms with Gasteiger partial charge in [0.2, 0.25) is 6.29 Å². The smallest absolute Gasteiger partial charge is 0.285 e.